The van der Waals surface area contributed by atoms with Crippen LogP contribution in [0.5, 0.6) is 0 Å². The average molecular weight is 421 g/mol. The minimum Gasteiger partial charge on any atom is -0.362 e. The van der Waals surface area contributed by atoms with Gasteiger partial charge in [0.15, 0.2) is 11.6 Å². The zero-order chi connectivity index (χ0) is 20.1. The van der Waals surface area contributed by atoms with Crippen molar-refractivity contribution < 1.29 is 4.63 Å². The molecule has 0 spiro atoms. The number of piperidine rings is 1. The molecule has 0 unspecified atom stereocenters. The second-order valence-corrected chi connectivity index (χ2v) is 8.88. The molecule has 1 N–H and O–H groups in total. The van der Waals surface area contributed by atoms with Gasteiger partial charge in [0, 0.05) is 42.2 Å². The van der Waals surface area contributed by atoms with Gasteiger partial charge in [-0.25, -0.2) is 14.6 Å². The topological polar surface area (TPSA) is 102 Å². The maximum atomic E-state index is 12.3. The Morgan fingerprint density at radius 2 is 2.00 bits per heavy atom. The fourth-order valence-corrected chi connectivity index (χ4v) is 5.27. The van der Waals surface area contributed by atoms with Crippen LogP contribution in [0.1, 0.15) is 22.9 Å². The van der Waals surface area contributed by atoms with Crippen molar-refractivity contribution >= 4 is 34.3 Å². The number of pyridine rings is 1. The summed E-state index contributed by atoms with van der Waals surface area (Å²) in [6.45, 7) is 2.99. The predicted octanol–water partition coefficient (Wildman–Crippen LogP) is 2.47. The smallest absolute Gasteiger partial charge is 0.250 e. The van der Waals surface area contributed by atoms with Gasteiger partial charge in [-0.05, 0) is 40.2 Å². The van der Waals surface area contributed by atoms with Crippen molar-refractivity contribution in [3.63, 3.8) is 0 Å². The van der Waals surface area contributed by atoms with E-state index in [1.807, 2.05) is 16.7 Å². The fourth-order valence-electron chi connectivity index (χ4n) is 4.62. The molecule has 0 aliphatic carbocycles. The maximum Gasteiger partial charge on any atom is 0.250 e. The summed E-state index contributed by atoms with van der Waals surface area (Å²) in [6, 6.07) is 9.68. The van der Waals surface area contributed by atoms with Crippen LogP contribution in [0.15, 0.2) is 45.1 Å². The van der Waals surface area contributed by atoms with Crippen LogP contribution in [0.2, 0.25) is 0 Å². The lowest BCUT2D eigenvalue weighted by atomic mass is 9.83. The molecule has 152 valence electrons. The summed E-state index contributed by atoms with van der Waals surface area (Å²) in [5, 5.41) is 13.2. The molecule has 2 bridgehead atoms. The Balaban J connectivity index is 1.36. The zero-order valence-corrected chi connectivity index (χ0v) is 16.9. The maximum absolute atomic E-state index is 12.3. The Morgan fingerprint density at radius 3 is 2.87 bits per heavy atom. The molecule has 30 heavy (non-hydrogen) atoms. The lowest BCUT2D eigenvalue weighted by Gasteiger charge is -2.43. The first-order valence-corrected chi connectivity index (χ1v) is 10.8. The number of fused-ring (bicyclic) bond motifs is 5. The molecule has 0 amide bonds. The van der Waals surface area contributed by atoms with Crippen molar-refractivity contribution in [2.75, 3.05) is 23.3 Å². The van der Waals surface area contributed by atoms with E-state index in [4.69, 9.17) is 9.61 Å². The molecular weight excluding hydrogens is 402 g/mol. The third-order valence-corrected chi connectivity index (χ3v) is 6.76. The van der Waals surface area contributed by atoms with Crippen molar-refractivity contribution in [2.24, 2.45) is 5.92 Å². The molecule has 6 rings (SSSR count). The van der Waals surface area contributed by atoms with E-state index in [-0.39, 0.29) is 11.5 Å². The van der Waals surface area contributed by atoms with E-state index in [1.54, 1.807) is 17.4 Å². The SMILES string of the molecule is O=c1cccc2n1C[C@@H]1C[C@H]2CN(c2nc3nonc3nc2NCc2cccs2)C1. The van der Waals surface area contributed by atoms with E-state index in [2.05, 4.69) is 43.0 Å². The van der Waals surface area contributed by atoms with Crippen LogP contribution in [-0.2, 0) is 13.1 Å². The van der Waals surface area contributed by atoms with Crippen LogP contribution in [0.25, 0.3) is 11.3 Å². The lowest BCUT2D eigenvalue weighted by Crippen LogP contribution is -2.47. The number of nitrogens with one attached hydrogen (secondary N) is 1. The molecule has 2 aliphatic rings. The van der Waals surface area contributed by atoms with Gasteiger partial charge in [0.1, 0.15) is 0 Å². The number of aromatic nitrogens is 5. The Bertz CT molecular complexity index is 1270. The van der Waals surface area contributed by atoms with Crippen LogP contribution in [-0.4, -0.2) is 37.9 Å². The highest BCUT2D eigenvalue weighted by Crippen LogP contribution is 2.38. The molecule has 4 aromatic rings. The highest BCUT2D eigenvalue weighted by atomic mass is 32.1. The van der Waals surface area contributed by atoms with Crippen LogP contribution >= 0.6 is 11.3 Å². The minimum absolute atomic E-state index is 0.0869. The van der Waals surface area contributed by atoms with E-state index >= 15 is 0 Å². The third-order valence-electron chi connectivity index (χ3n) is 5.89. The molecule has 10 heteroatoms. The first-order valence-electron chi connectivity index (χ1n) is 9.96. The number of hydrogen-bond acceptors (Lipinski definition) is 9. The lowest BCUT2D eigenvalue weighted by molar-refractivity contribution is 0.280. The highest BCUT2D eigenvalue weighted by molar-refractivity contribution is 7.09. The third kappa shape index (κ3) is 2.95. The van der Waals surface area contributed by atoms with Gasteiger partial charge in [0.25, 0.3) is 5.56 Å². The first-order chi connectivity index (χ1) is 14.7. The van der Waals surface area contributed by atoms with Gasteiger partial charge in [-0.15, -0.1) is 11.3 Å². The van der Waals surface area contributed by atoms with Crippen molar-refractivity contribution in [1.29, 1.82) is 0 Å². The number of anilines is 2. The minimum atomic E-state index is 0.0869. The van der Waals surface area contributed by atoms with Crippen molar-refractivity contribution in [2.45, 2.75) is 25.4 Å². The summed E-state index contributed by atoms with van der Waals surface area (Å²) < 4.78 is 6.77. The Morgan fingerprint density at radius 1 is 1.10 bits per heavy atom. The Hall–Kier alpha value is -3.27. The molecule has 0 saturated carbocycles. The second kappa shape index (κ2) is 6.91. The monoisotopic (exact) mass is 421 g/mol. The van der Waals surface area contributed by atoms with Gasteiger partial charge >= 0.3 is 0 Å². The molecule has 0 radical (unpaired) electrons. The van der Waals surface area contributed by atoms with E-state index in [1.165, 1.54) is 4.88 Å². The summed E-state index contributed by atoms with van der Waals surface area (Å²) >= 11 is 1.69. The van der Waals surface area contributed by atoms with E-state index in [9.17, 15) is 4.79 Å². The summed E-state index contributed by atoms with van der Waals surface area (Å²) in [7, 11) is 0. The number of hydrogen-bond donors (Lipinski definition) is 1. The van der Waals surface area contributed by atoms with Crippen molar-refractivity contribution in [3.8, 4) is 0 Å². The van der Waals surface area contributed by atoms with E-state index < -0.39 is 0 Å². The van der Waals surface area contributed by atoms with Gasteiger partial charge in [0.05, 0.1) is 6.54 Å². The van der Waals surface area contributed by atoms with Crippen molar-refractivity contribution in [1.82, 2.24) is 24.8 Å². The summed E-state index contributed by atoms with van der Waals surface area (Å²) in [6.07, 6.45) is 1.08. The standard InChI is InChI=1S/C20H19N7O2S/c28-16-5-1-4-15-13-7-12(10-27(15)16)9-26(11-13)20-19(21-8-14-3-2-6-30-14)22-17-18(23-20)25-29-24-17/h1-6,12-13H,7-11H2,(H,21,22,24)/t12-,13+/m1/s1. The van der Waals surface area contributed by atoms with Gasteiger partial charge < -0.3 is 14.8 Å². The first kappa shape index (κ1) is 17.6. The fraction of sp³-hybridized carbons (Fsp3) is 0.350. The molecular formula is C20H19N7O2S. The van der Waals surface area contributed by atoms with Gasteiger partial charge in [-0.3, -0.25) is 4.79 Å². The molecule has 2 aliphatic heterocycles. The number of nitrogens with zero attached hydrogens (tertiary/aromatic N) is 6. The molecule has 6 heterocycles. The quantitative estimate of drug-likeness (QED) is 0.536. The summed E-state index contributed by atoms with van der Waals surface area (Å²) in [4.78, 5) is 25.1. The molecule has 0 aromatic carbocycles. The van der Waals surface area contributed by atoms with Crippen LogP contribution in [0.4, 0.5) is 11.6 Å². The molecule has 9 nitrogen and oxygen atoms in total. The second-order valence-electron chi connectivity index (χ2n) is 7.84. The number of rotatable bonds is 4. The molecule has 1 fully saturated rings. The van der Waals surface area contributed by atoms with Gasteiger partial charge in [-0.2, -0.15) is 0 Å². The largest absolute Gasteiger partial charge is 0.362 e. The normalized spacial score (nSPS) is 20.3. The molecule has 2 atom stereocenters. The zero-order valence-electron chi connectivity index (χ0n) is 16.1. The van der Waals surface area contributed by atoms with Crippen molar-refractivity contribution in [3.05, 3.63) is 56.6 Å². The molecule has 4 aromatic heterocycles. The van der Waals surface area contributed by atoms with Gasteiger partial charge in [0.2, 0.25) is 11.3 Å². The number of thiophene rings is 1. The average Bonchev–Trinajstić information content (AvgIpc) is 3.43. The van der Waals surface area contributed by atoms with Gasteiger partial charge in [-0.1, -0.05) is 12.1 Å². The van der Waals surface area contributed by atoms with Crippen LogP contribution in [0.3, 0.4) is 0 Å². The van der Waals surface area contributed by atoms with E-state index in [0.29, 0.717) is 29.6 Å². The Kier molecular flexibility index (Phi) is 4.05. The predicted molar refractivity (Wildman–Crippen MR) is 113 cm³/mol. The Labute approximate surface area is 175 Å². The van der Waals surface area contributed by atoms with E-state index in [0.717, 1.165) is 37.6 Å². The summed E-state index contributed by atoms with van der Waals surface area (Å²) in [5.41, 5.74) is 1.98. The summed E-state index contributed by atoms with van der Waals surface area (Å²) in [5.74, 6) is 2.10. The highest BCUT2D eigenvalue weighted by Gasteiger charge is 2.36. The van der Waals surface area contributed by atoms with Crippen LogP contribution in [0, 0.1) is 5.92 Å². The van der Waals surface area contributed by atoms with Crippen LogP contribution < -0.4 is 15.8 Å². The molecule has 1 saturated heterocycles.